The van der Waals surface area contributed by atoms with Gasteiger partial charge in [0.05, 0.1) is 29.5 Å². The molecule has 0 radical (unpaired) electrons. The number of aldehydes is 1. The zero-order chi connectivity index (χ0) is 22.7. The normalized spacial score (nSPS) is 26.6. The number of hydrogen-bond acceptors (Lipinski definition) is 4. The van der Waals surface area contributed by atoms with E-state index in [0.717, 1.165) is 35.0 Å². The molecule has 3 aromatic carbocycles. The zero-order valence-electron chi connectivity index (χ0n) is 18.2. The Labute approximate surface area is 192 Å². The second kappa shape index (κ2) is 7.14. The number of rotatable bonds is 5. The Morgan fingerprint density at radius 1 is 0.879 bits per heavy atom. The average Bonchev–Trinajstić information content (AvgIpc) is 3.14. The van der Waals surface area contributed by atoms with Crippen LogP contribution in [0, 0.1) is 11.8 Å². The fourth-order valence-corrected chi connectivity index (χ4v) is 6.20. The van der Waals surface area contributed by atoms with E-state index in [-0.39, 0.29) is 17.7 Å². The Hall–Kier alpha value is -3.73. The van der Waals surface area contributed by atoms with E-state index in [9.17, 15) is 14.4 Å². The summed E-state index contributed by atoms with van der Waals surface area (Å²) in [5, 5.41) is 0. The summed E-state index contributed by atoms with van der Waals surface area (Å²) in [7, 11) is 0. The maximum absolute atomic E-state index is 13.9. The number of carbonyl (C=O) groups excluding carboxylic acids is 3. The molecule has 0 saturated carbocycles. The molecule has 3 aromatic rings. The monoisotopic (exact) mass is 437 g/mol. The molecule has 7 rings (SSSR count). The average molecular weight is 437 g/mol. The fraction of sp³-hybridized carbons (Fsp3) is 0.250. The van der Waals surface area contributed by atoms with Crippen LogP contribution in [0.5, 0.6) is 5.75 Å². The number of imide groups is 1. The molecular weight excluding hydrogens is 414 g/mol. The second-order valence-electron chi connectivity index (χ2n) is 9.00. The molecule has 2 bridgehead atoms. The van der Waals surface area contributed by atoms with Crippen LogP contribution in [0.3, 0.4) is 0 Å². The van der Waals surface area contributed by atoms with Gasteiger partial charge in [0.25, 0.3) is 0 Å². The minimum Gasteiger partial charge on any atom is -0.494 e. The highest BCUT2D eigenvalue weighted by Gasteiger charge is 2.68. The van der Waals surface area contributed by atoms with Crippen LogP contribution in [0.1, 0.15) is 41.5 Å². The summed E-state index contributed by atoms with van der Waals surface area (Å²) in [5.41, 5.74) is 2.97. The molecule has 0 spiro atoms. The maximum Gasteiger partial charge on any atom is 0.239 e. The highest BCUT2D eigenvalue weighted by atomic mass is 16.5. The first-order valence-corrected chi connectivity index (χ1v) is 11.4. The molecule has 5 nitrogen and oxygen atoms in total. The Kier molecular flexibility index (Phi) is 4.31. The first-order chi connectivity index (χ1) is 16.1. The van der Waals surface area contributed by atoms with Crippen molar-refractivity contribution in [2.45, 2.75) is 24.7 Å². The zero-order valence-corrected chi connectivity index (χ0v) is 18.2. The van der Waals surface area contributed by atoms with Crippen LogP contribution in [-0.2, 0) is 19.8 Å². The molecule has 164 valence electrons. The molecule has 4 aliphatic rings. The van der Waals surface area contributed by atoms with Gasteiger partial charge in [0, 0.05) is 5.92 Å². The van der Waals surface area contributed by atoms with Crippen LogP contribution in [0.15, 0.2) is 72.8 Å². The Morgan fingerprint density at radius 3 is 2.06 bits per heavy atom. The fourth-order valence-electron chi connectivity index (χ4n) is 6.20. The van der Waals surface area contributed by atoms with Crippen molar-refractivity contribution in [1.82, 2.24) is 0 Å². The van der Waals surface area contributed by atoms with Gasteiger partial charge >= 0.3 is 0 Å². The van der Waals surface area contributed by atoms with Crippen molar-refractivity contribution in [3.05, 3.63) is 95.1 Å². The van der Waals surface area contributed by atoms with E-state index < -0.39 is 17.3 Å². The minimum absolute atomic E-state index is 0.243. The molecule has 2 amide bonds. The van der Waals surface area contributed by atoms with Gasteiger partial charge in [0.2, 0.25) is 11.8 Å². The maximum atomic E-state index is 13.9. The first kappa shape index (κ1) is 19.9. The van der Waals surface area contributed by atoms with Gasteiger partial charge in [0.1, 0.15) is 12.0 Å². The van der Waals surface area contributed by atoms with Crippen molar-refractivity contribution in [2.75, 3.05) is 11.5 Å². The van der Waals surface area contributed by atoms with Crippen LogP contribution in [0.4, 0.5) is 5.69 Å². The summed E-state index contributed by atoms with van der Waals surface area (Å²) in [5.74, 6) is -1.48. The third-order valence-electron chi connectivity index (χ3n) is 7.44. The van der Waals surface area contributed by atoms with E-state index in [0.29, 0.717) is 18.0 Å². The number of carbonyl (C=O) groups is 3. The Bertz CT molecular complexity index is 1250. The SMILES string of the molecule is CCCOc1ccc(N2C(=O)[C@@H]3C4c5ccccc5C(C=O)(c5ccccc54)[C@@H]3C2=O)cc1. The van der Waals surface area contributed by atoms with E-state index >= 15 is 0 Å². The van der Waals surface area contributed by atoms with E-state index in [4.69, 9.17) is 4.74 Å². The Balaban J connectivity index is 1.51. The molecule has 0 N–H and O–H groups in total. The minimum atomic E-state index is -1.17. The summed E-state index contributed by atoms with van der Waals surface area (Å²) >= 11 is 0. The number of ether oxygens (including phenoxy) is 1. The predicted molar refractivity (Wildman–Crippen MR) is 123 cm³/mol. The standard InChI is InChI=1S/C28H23NO4/c1-2-15-33-18-13-11-17(12-14-18)29-26(31)24-23-19-7-3-5-9-21(19)28(16-30,25(24)27(29)32)22-10-6-4-8-20(22)23/h3-14,16,23-25H,2,15H2,1H3/t23?,24-,25+,28?/m1/s1. The molecule has 0 unspecified atom stereocenters. The van der Waals surface area contributed by atoms with E-state index in [2.05, 4.69) is 0 Å². The van der Waals surface area contributed by atoms with E-state index in [1.54, 1.807) is 24.3 Å². The van der Waals surface area contributed by atoms with Crippen LogP contribution < -0.4 is 9.64 Å². The van der Waals surface area contributed by atoms with Crippen molar-refractivity contribution in [1.29, 1.82) is 0 Å². The first-order valence-electron chi connectivity index (χ1n) is 11.4. The lowest BCUT2D eigenvalue weighted by Gasteiger charge is -2.51. The van der Waals surface area contributed by atoms with Crippen molar-refractivity contribution >= 4 is 23.8 Å². The quantitative estimate of drug-likeness (QED) is 0.443. The smallest absolute Gasteiger partial charge is 0.239 e. The lowest BCUT2D eigenvalue weighted by atomic mass is 9.48. The lowest BCUT2D eigenvalue weighted by molar-refractivity contribution is -0.128. The van der Waals surface area contributed by atoms with Crippen molar-refractivity contribution in [3.63, 3.8) is 0 Å². The van der Waals surface area contributed by atoms with E-state index in [1.165, 1.54) is 4.90 Å². The lowest BCUT2D eigenvalue weighted by Crippen LogP contribution is -2.54. The summed E-state index contributed by atoms with van der Waals surface area (Å²) in [4.78, 5) is 42.0. The molecule has 2 atom stereocenters. The van der Waals surface area contributed by atoms with Gasteiger partial charge < -0.3 is 9.53 Å². The third-order valence-corrected chi connectivity index (χ3v) is 7.44. The number of nitrogens with zero attached hydrogens (tertiary/aromatic N) is 1. The summed E-state index contributed by atoms with van der Waals surface area (Å²) in [6, 6.07) is 22.6. The third kappa shape index (κ3) is 2.45. The van der Waals surface area contributed by atoms with Crippen molar-refractivity contribution in [3.8, 4) is 5.75 Å². The van der Waals surface area contributed by atoms with Crippen LogP contribution in [0.2, 0.25) is 0 Å². The molecule has 1 saturated heterocycles. The molecule has 0 aromatic heterocycles. The second-order valence-corrected chi connectivity index (χ2v) is 9.00. The summed E-state index contributed by atoms with van der Waals surface area (Å²) in [6.45, 7) is 2.63. The topological polar surface area (TPSA) is 63.7 Å². The number of hydrogen-bond donors (Lipinski definition) is 0. The van der Waals surface area contributed by atoms with Gasteiger partial charge in [-0.2, -0.15) is 0 Å². The van der Waals surface area contributed by atoms with Gasteiger partial charge in [-0.1, -0.05) is 55.5 Å². The highest BCUT2D eigenvalue weighted by Crippen LogP contribution is 2.63. The molecule has 1 heterocycles. The van der Waals surface area contributed by atoms with Crippen LogP contribution >= 0.6 is 0 Å². The van der Waals surface area contributed by atoms with Crippen molar-refractivity contribution in [2.24, 2.45) is 11.8 Å². The van der Waals surface area contributed by atoms with Crippen LogP contribution in [-0.4, -0.2) is 24.7 Å². The molecule has 1 fully saturated rings. The largest absolute Gasteiger partial charge is 0.494 e. The van der Waals surface area contributed by atoms with Crippen molar-refractivity contribution < 1.29 is 19.1 Å². The van der Waals surface area contributed by atoms with Gasteiger partial charge in [-0.3, -0.25) is 9.59 Å². The summed E-state index contributed by atoms with van der Waals surface area (Å²) in [6.07, 6.45) is 1.79. The molecule has 33 heavy (non-hydrogen) atoms. The number of anilines is 1. The van der Waals surface area contributed by atoms with Gasteiger partial charge in [-0.25, -0.2) is 4.90 Å². The van der Waals surface area contributed by atoms with E-state index in [1.807, 2.05) is 55.5 Å². The van der Waals surface area contributed by atoms with Gasteiger partial charge in [-0.05, 0) is 52.9 Å². The Morgan fingerprint density at radius 2 is 1.48 bits per heavy atom. The summed E-state index contributed by atoms with van der Waals surface area (Å²) < 4.78 is 5.65. The molecule has 3 aliphatic carbocycles. The number of amides is 2. The molecule has 5 heteroatoms. The van der Waals surface area contributed by atoms with Gasteiger partial charge in [0.15, 0.2) is 0 Å². The highest BCUT2D eigenvalue weighted by molar-refractivity contribution is 6.24. The molecule has 1 aliphatic heterocycles. The van der Waals surface area contributed by atoms with Gasteiger partial charge in [-0.15, -0.1) is 0 Å². The predicted octanol–water partition coefficient (Wildman–Crippen LogP) is 4.23. The number of benzene rings is 3. The molecular formula is C28H23NO4. The van der Waals surface area contributed by atoms with Crippen LogP contribution in [0.25, 0.3) is 0 Å².